The molecule has 2 aliphatic heterocycles. The number of cyclic esters (lactones) is 1. The van der Waals surface area contributed by atoms with Gasteiger partial charge < -0.3 is 15.0 Å². The van der Waals surface area contributed by atoms with E-state index in [1.54, 1.807) is 29.7 Å². The summed E-state index contributed by atoms with van der Waals surface area (Å²) in [4.78, 5) is 40.2. The zero-order chi connectivity index (χ0) is 23.8. The second-order valence-corrected chi connectivity index (χ2v) is 9.34. The summed E-state index contributed by atoms with van der Waals surface area (Å²) >= 11 is 1.56. The molecule has 5 rings (SSSR count). The van der Waals surface area contributed by atoms with Crippen LogP contribution in [0.1, 0.15) is 23.2 Å². The van der Waals surface area contributed by atoms with E-state index < -0.39 is 18.0 Å². The fraction of sp³-hybridized carbons (Fsp3) is 0.348. The number of hydrogen-bond acceptors (Lipinski definition) is 8. The average molecular weight is 483 g/mol. The van der Waals surface area contributed by atoms with E-state index in [0.717, 1.165) is 22.0 Å². The molecular formula is C23H23FN6O3S. The van der Waals surface area contributed by atoms with Gasteiger partial charge in [0.25, 0.3) is 0 Å². The molecule has 1 fully saturated rings. The van der Waals surface area contributed by atoms with Crippen molar-refractivity contribution >= 4 is 34.7 Å². The molecule has 9 nitrogen and oxygen atoms in total. The number of nitrogens with zero attached hydrogens (tertiary/aromatic N) is 5. The van der Waals surface area contributed by atoms with Crippen molar-refractivity contribution in [2.75, 3.05) is 29.4 Å². The third kappa shape index (κ3) is 4.43. The molecule has 1 saturated heterocycles. The van der Waals surface area contributed by atoms with E-state index >= 15 is 4.39 Å². The maximum absolute atomic E-state index is 15.1. The van der Waals surface area contributed by atoms with Gasteiger partial charge in [-0.2, -0.15) is 0 Å². The van der Waals surface area contributed by atoms with Crippen LogP contribution in [-0.2, 0) is 22.5 Å². The molecule has 4 heterocycles. The summed E-state index contributed by atoms with van der Waals surface area (Å²) in [5, 5.41) is 5.54. The molecule has 34 heavy (non-hydrogen) atoms. The van der Waals surface area contributed by atoms with Crippen LogP contribution in [0.2, 0.25) is 0 Å². The normalized spacial score (nSPS) is 17.5. The summed E-state index contributed by atoms with van der Waals surface area (Å²) in [5.74, 6) is -0.0104. The number of carbonyl (C=O) groups is 2. The highest BCUT2D eigenvalue weighted by molar-refractivity contribution is 7.09. The molecule has 176 valence electrons. The number of benzene rings is 1. The predicted octanol–water partition coefficient (Wildman–Crippen LogP) is 3.07. The highest BCUT2D eigenvalue weighted by atomic mass is 32.1. The van der Waals surface area contributed by atoms with E-state index in [2.05, 4.69) is 20.3 Å². The number of ether oxygens (including phenoxy) is 1. The summed E-state index contributed by atoms with van der Waals surface area (Å²) in [6.07, 6.45) is 1.42. The number of aromatic nitrogens is 3. The third-order valence-electron chi connectivity index (χ3n) is 5.82. The van der Waals surface area contributed by atoms with Gasteiger partial charge in [0.1, 0.15) is 17.6 Å². The molecular weight excluding hydrogens is 459 g/mol. The lowest BCUT2D eigenvalue weighted by atomic mass is 10.1. The van der Waals surface area contributed by atoms with Crippen LogP contribution in [0.25, 0.3) is 11.5 Å². The molecule has 1 unspecified atom stereocenters. The van der Waals surface area contributed by atoms with E-state index in [-0.39, 0.29) is 19.0 Å². The molecule has 11 heteroatoms. The first-order valence-corrected chi connectivity index (χ1v) is 11.8. The van der Waals surface area contributed by atoms with Crippen LogP contribution in [0, 0.1) is 12.7 Å². The average Bonchev–Trinajstić information content (AvgIpc) is 3.42. The van der Waals surface area contributed by atoms with E-state index in [1.807, 2.05) is 17.2 Å². The Labute approximate surface area is 199 Å². The van der Waals surface area contributed by atoms with Crippen LogP contribution in [0.4, 0.5) is 20.6 Å². The number of aryl methyl sites for hydroxylation is 1. The van der Waals surface area contributed by atoms with Crippen LogP contribution >= 0.6 is 11.3 Å². The molecule has 2 amide bonds. The number of amides is 2. The molecule has 0 aliphatic carbocycles. The van der Waals surface area contributed by atoms with E-state index in [4.69, 9.17) is 4.74 Å². The summed E-state index contributed by atoms with van der Waals surface area (Å²) < 4.78 is 20.4. The minimum atomic E-state index is -0.558. The molecule has 2 aromatic heterocycles. The second-order valence-electron chi connectivity index (χ2n) is 8.28. The van der Waals surface area contributed by atoms with Crippen molar-refractivity contribution in [3.8, 4) is 11.5 Å². The summed E-state index contributed by atoms with van der Waals surface area (Å²) in [5.41, 5.74) is 3.55. The Hall–Kier alpha value is -3.60. The fourth-order valence-electron chi connectivity index (χ4n) is 4.13. The minimum absolute atomic E-state index is 0.201. The minimum Gasteiger partial charge on any atom is -0.442 e. The van der Waals surface area contributed by atoms with Gasteiger partial charge in [-0.3, -0.25) is 9.69 Å². The Bertz CT molecular complexity index is 1270. The van der Waals surface area contributed by atoms with Crippen LogP contribution in [0.5, 0.6) is 0 Å². The van der Waals surface area contributed by atoms with Crippen molar-refractivity contribution in [2.45, 2.75) is 32.9 Å². The van der Waals surface area contributed by atoms with Gasteiger partial charge in [0.2, 0.25) is 5.91 Å². The summed E-state index contributed by atoms with van der Waals surface area (Å²) in [6.45, 7) is 4.91. The van der Waals surface area contributed by atoms with Crippen LogP contribution in [0.15, 0.2) is 29.8 Å². The lowest BCUT2D eigenvalue weighted by molar-refractivity contribution is -0.119. The van der Waals surface area contributed by atoms with E-state index in [1.165, 1.54) is 17.9 Å². The predicted molar refractivity (Wildman–Crippen MR) is 125 cm³/mol. The topological polar surface area (TPSA) is 101 Å². The highest BCUT2D eigenvalue weighted by Crippen LogP contribution is 2.31. The lowest BCUT2D eigenvalue weighted by Crippen LogP contribution is -2.33. The van der Waals surface area contributed by atoms with Gasteiger partial charge >= 0.3 is 6.09 Å². The van der Waals surface area contributed by atoms with Crippen molar-refractivity contribution in [1.82, 2.24) is 20.3 Å². The number of thiazole rings is 1. The maximum atomic E-state index is 15.1. The number of nitrogens with one attached hydrogen (secondary N) is 1. The van der Waals surface area contributed by atoms with Crippen molar-refractivity contribution < 1.29 is 18.7 Å². The van der Waals surface area contributed by atoms with Crippen molar-refractivity contribution in [3.05, 3.63) is 51.9 Å². The van der Waals surface area contributed by atoms with Gasteiger partial charge in [0.15, 0.2) is 5.82 Å². The van der Waals surface area contributed by atoms with Gasteiger partial charge in [0.05, 0.1) is 35.2 Å². The van der Waals surface area contributed by atoms with Gasteiger partial charge in [-0.1, -0.05) is 0 Å². The number of hydrogen-bond donors (Lipinski definition) is 1. The second kappa shape index (κ2) is 8.98. The van der Waals surface area contributed by atoms with E-state index in [0.29, 0.717) is 36.7 Å². The Kier molecular flexibility index (Phi) is 5.86. The molecule has 0 spiro atoms. The zero-order valence-electron chi connectivity index (χ0n) is 18.7. The standard InChI is InChI=1S/C23H23FN6O3S/c1-13(31)25-9-17-11-30(23(32)33-17)16-3-4-21(18(24)7-16)29-6-5-19-15(10-29)8-26-22(28-19)20-12-34-14(2)27-20/h3-4,7-8,12,17H,5-6,9-11H2,1-2H3,(H,25,31). The van der Waals surface area contributed by atoms with Crippen LogP contribution in [-0.4, -0.2) is 52.7 Å². The Morgan fingerprint density at radius 3 is 2.94 bits per heavy atom. The Morgan fingerprint density at radius 1 is 1.35 bits per heavy atom. The molecule has 1 aromatic carbocycles. The van der Waals surface area contributed by atoms with Gasteiger partial charge in [-0.05, 0) is 25.1 Å². The molecule has 1 atom stereocenters. The van der Waals surface area contributed by atoms with Gasteiger partial charge in [-0.15, -0.1) is 11.3 Å². The first-order valence-electron chi connectivity index (χ1n) is 10.9. The number of anilines is 2. The lowest BCUT2D eigenvalue weighted by Gasteiger charge is -2.30. The number of carbonyl (C=O) groups excluding carboxylic acids is 2. The summed E-state index contributed by atoms with van der Waals surface area (Å²) in [6, 6.07) is 4.73. The van der Waals surface area contributed by atoms with Gasteiger partial charge in [-0.25, -0.2) is 24.1 Å². The molecule has 1 N–H and O–H groups in total. The molecule has 0 radical (unpaired) electrons. The SMILES string of the molecule is CC(=O)NCC1CN(c2ccc(N3CCc4nc(-c5csc(C)n5)ncc4C3)c(F)c2)C(=O)O1. The molecule has 0 bridgehead atoms. The quantitative estimate of drug-likeness (QED) is 0.597. The van der Waals surface area contributed by atoms with Crippen LogP contribution < -0.4 is 15.1 Å². The van der Waals surface area contributed by atoms with Crippen molar-refractivity contribution in [3.63, 3.8) is 0 Å². The largest absolute Gasteiger partial charge is 0.442 e. The summed E-state index contributed by atoms with van der Waals surface area (Å²) in [7, 11) is 0. The fourth-order valence-corrected chi connectivity index (χ4v) is 4.72. The number of rotatable bonds is 5. The Morgan fingerprint density at radius 2 is 2.21 bits per heavy atom. The monoisotopic (exact) mass is 482 g/mol. The Balaban J connectivity index is 1.29. The van der Waals surface area contributed by atoms with Crippen molar-refractivity contribution in [2.24, 2.45) is 0 Å². The molecule has 2 aliphatic rings. The number of halogens is 1. The smallest absolute Gasteiger partial charge is 0.414 e. The zero-order valence-corrected chi connectivity index (χ0v) is 19.6. The number of fused-ring (bicyclic) bond motifs is 1. The molecule has 0 saturated carbocycles. The maximum Gasteiger partial charge on any atom is 0.414 e. The van der Waals surface area contributed by atoms with Crippen LogP contribution in [0.3, 0.4) is 0 Å². The van der Waals surface area contributed by atoms with Gasteiger partial charge in [0, 0.05) is 43.6 Å². The first-order chi connectivity index (χ1) is 16.4. The van der Waals surface area contributed by atoms with Crippen molar-refractivity contribution in [1.29, 1.82) is 0 Å². The highest BCUT2D eigenvalue weighted by Gasteiger charge is 2.33. The third-order valence-corrected chi connectivity index (χ3v) is 6.59. The van der Waals surface area contributed by atoms with E-state index in [9.17, 15) is 9.59 Å². The molecule has 3 aromatic rings. The first kappa shape index (κ1) is 22.2.